The molecule has 1 fully saturated rings. The molecular formula is C15H23ClFN3O3S. The van der Waals surface area contributed by atoms with Crippen LogP contribution in [0.2, 0.25) is 0 Å². The Labute approximate surface area is 148 Å². The molecule has 0 radical (unpaired) electrons. The molecule has 9 heteroatoms. The topological polar surface area (TPSA) is 69.7 Å². The van der Waals surface area contributed by atoms with E-state index in [-0.39, 0.29) is 29.8 Å². The second kappa shape index (κ2) is 8.24. The zero-order valence-electron chi connectivity index (χ0n) is 14.0. The third-order valence-corrected chi connectivity index (χ3v) is 6.03. The lowest BCUT2D eigenvalue weighted by atomic mass is 10.1. The lowest BCUT2D eigenvalue weighted by molar-refractivity contribution is -0.131. The average molecular weight is 380 g/mol. The van der Waals surface area contributed by atoms with Crippen LogP contribution in [0.15, 0.2) is 17.0 Å². The van der Waals surface area contributed by atoms with Gasteiger partial charge in [-0.3, -0.25) is 4.79 Å². The summed E-state index contributed by atoms with van der Waals surface area (Å²) in [5.41, 5.74) is 0.674. The Kier molecular flexibility index (Phi) is 7.15. The molecule has 1 aromatic carbocycles. The quantitative estimate of drug-likeness (QED) is 0.844. The number of likely N-dealkylation sites (N-methyl/N-ethyl adjacent to an activating group) is 1. The molecule has 2 rings (SSSR count). The number of hydrogen-bond acceptors (Lipinski definition) is 4. The predicted octanol–water partition coefficient (Wildman–Crippen LogP) is 0.917. The van der Waals surface area contributed by atoms with Gasteiger partial charge in [0.25, 0.3) is 0 Å². The molecule has 0 bridgehead atoms. The van der Waals surface area contributed by atoms with Crippen molar-refractivity contribution in [3.05, 3.63) is 29.1 Å². The van der Waals surface area contributed by atoms with E-state index in [9.17, 15) is 17.6 Å². The van der Waals surface area contributed by atoms with Crippen LogP contribution in [0.25, 0.3) is 0 Å². The summed E-state index contributed by atoms with van der Waals surface area (Å²) in [5, 5.41) is 3.14. The highest BCUT2D eigenvalue weighted by molar-refractivity contribution is 7.89. The summed E-state index contributed by atoms with van der Waals surface area (Å²) < 4.78 is 39.9. The standard InChI is InChI=1S/C15H22FN3O3S.ClH/c1-11-8-13(16)9-12(2)15(11)23(21,22)18(3)10-14(20)19-6-4-17-5-7-19;/h8-9,17H,4-7,10H2,1-3H3;1H. The molecule has 0 aromatic heterocycles. The normalized spacial score (nSPS) is 15.3. The zero-order chi connectivity index (χ0) is 17.2. The molecule has 1 aromatic rings. The first kappa shape index (κ1) is 20.8. The summed E-state index contributed by atoms with van der Waals surface area (Å²) in [5.74, 6) is -0.700. The van der Waals surface area contributed by atoms with Crippen molar-refractivity contribution in [1.82, 2.24) is 14.5 Å². The number of nitrogens with one attached hydrogen (secondary N) is 1. The molecule has 1 aliphatic heterocycles. The van der Waals surface area contributed by atoms with Crippen LogP contribution in [-0.2, 0) is 14.8 Å². The molecule has 1 heterocycles. The summed E-state index contributed by atoms with van der Waals surface area (Å²) in [6.45, 7) is 5.43. The van der Waals surface area contributed by atoms with Crippen molar-refractivity contribution in [2.75, 3.05) is 39.8 Å². The number of hydrogen-bond donors (Lipinski definition) is 1. The molecule has 6 nitrogen and oxygen atoms in total. The van der Waals surface area contributed by atoms with Crippen LogP contribution in [-0.4, -0.2) is 63.3 Å². The van der Waals surface area contributed by atoms with Crippen molar-refractivity contribution >= 4 is 28.3 Å². The van der Waals surface area contributed by atoms with Crippen LogP contribution >= 0.6 is 12.4 Å². The van der Waals surface area contributed by atoms with Gasteiger partial charge in [0, 0.05) is 33.2 Å². The van der Waals surface area contributed by atoms with Crippen LogP contribution in [0.5, 0.6) is 0 Å². The average Bonchev–Trinajstić information content (AvgIpc) is 2.46. The van der Waals surface area contributed by atoms with Gasteiger partial charge in [-0.05, 0) is 37.1 Å². The van der Waals surface area contributed by atoms with Crippen LogP contribution < -0.4 is 5.32 Å². The molecule has 0 atom stereocenters. The molecule has 1 N–H and O–H groups in total. The molecule has 0 aliphatic carbocycles. The van der Waals surface area contributed by atoms with Gasteiger partial charge in [-0.2, -0.15) is 4.31 Å². The Morgan fingerprint density at radius 2 is 1.75 bits per heavy atom. The monoisotopic (exact) mass is 379 g/mol. The van der Waals surface area contributed by atoms with E-state index in [1.807, 2.05) is 0 Å². The van der Waals surface area contributed by atoms with Crippen molar-refractivity contribution in [3.63, 3.8) is 0 Å². The second-order valence-electron chi connectivity index (χ2n) is 5.76. The van der Waals surface area contributed by atoms with Crippen molar-refractivity contribution in [3.8, 4) is 0 Å². The fourth-order valence-electron chi connectivity index (χ4n) is 2.75. The fourth-order valence-corrected chi connectivity index (χ4v) is 4.27. The molecule has 0 spiro atoms. The van der Waals surface area contributed by atoms with E-state index in [0.29, 0.717) is 37.3 Å². The number of carbonyl (C=O) groups excluding carboxylic acids is 1. The van der Waals surface area contributed by atoms with Gasteiger partial charge in [-0.15, -0.1) is 12.4 Å². The van der Waals surface area contributed by atoms with Crippen molar-refractivity contribution in [1.29, 1.82) is 0 Å². The predicted molar refractivity (Wildman–Crippen MR) is 92.4 cm³/mol. The van der Waals surface area contributed by atoms with E-state index in [2.05, 4.69) is 5.32 Å². The summed E-state index contributed by atoms with van der Waals surface area (Å²) in [7, 11) is -2.47. The van der Waals surface area contributed by atoms with Crippen LogP contribution in [0.1, 0.15) is 11.1 Å². The van der Waals surface area contributed by atoms with Gasteiger partial charge < -0.3 is 10.2 Å². The maximum Gasteiger partial charge on any atom is 0.243 e. The van der Waals surface area contributed by atoms with Gasteiger partial charge in [-0.1, -0.05) is 0 Å². The Bertz CT molecular complexity index is 683. The zero-order valence-corrected chi connectivity index (χ0v) is 15.6. The van der Waals surface area contributed by atoms with Crippen LogP contribution in [0.3, 0.4) is 0 Å². The maximum absolute atomic E-state index is 13.4. The van der Waals surface area contributed by atoms with Gasteiger partial charge in [-0.25, -0.2) is 12.8 Å². The Morgan fingerprint density at radius 3 is 2.25 bits per heavy atom. The van der Waals surface area contributed by atoms with Crippen LogP contribution in [0, 0.1) is 19.7 Å². The first-order valence-corrected chi connectivity index (χ1v) is 8.89. The number of carbonyl (C=O) groups is 1. The second-order valence-corrected chi connectivity index (χ2v) is 7.74. The third kappa shape index (κ3) is 4.44. The minimum Gasteiger partial charge on any atom is -0.339 e. The van der Waals surface area contributed by atoms with E-state index >= 15 is 0 Å². The molecule has 1 aliphatic rings. The number of aryl methyl sites for hydroxylation is 2. The number of sulfonamides is 1. The number of nitrogens with zero attached hydrogens (tertiary/aromatic N) is 2. The molecule has 1 saturated heterocycles. The van der Waals surface area contributed by atoms with Gasteiger partial charge in [0.1, 0.15) is 5.82 Å². The summed E-state index contributed by atoms with van der Waals surface area (Å²) >= 11 is 0. The molecule has 0 saturated carbocycles. The minimum absolute atomic E-state index is 0. The molecule has 24 heavy (non-hydrogen) atoms. The minimum atomic E-state index is -3.85. The smallest absolute Gasteiger partial charge is 0.243 e. The Hall–Kier alpha value is -1.22. The van der Waals surface area contributed by atoms with Gasteiger partial charge >= 0.3 is 0 Å². The highest BCUT2D eigenvalue weighted by Gasteiger charge is 2.28. The van der Waals surface area contributed by atoms with Gasteiger partial charge in [0.2, 0.25) is 15.9 Å². The highest BCUT2D eigenvalue weighted by atomic mass is 35.5. The first-order chi connectivity index (χ1) is 10.7. The lowest BCUT2D eigenvalue weighted by Gasteiger charge is -2.29. The van der Waals surface area contributed by atoms with E-state index in [0.717, 1.165) is 4.31 Å². The molecule has 136 valence electrons. The fraction of sp³-hybridized carbons (Fsp3) is 0.533. The van der Waals surface area contributed by atoms with Crippen LogP contribution in [0.4, 0.5) is 4.39 Å². The Balaban J connectivity index is 0.00000288. The molecule has 0 unspecified atom stereocenters. The first-order valence-electron chi connectivity index (χ1n) is 7.45. The molecule has 1 amide bonds. The van der Waals surface area contributed by atoms with Crippen molar-refractivity contribution in [2.24, 2.45) is 0 Å². The maximum atomic E-state index is 13.4. The Morgan fingerprint density at radius 1 is 1.25 bits per heavy atom. The lowest BCUT2D eigenvalue weighted by Crippen LogP contribution is -2.49. The summed E-state index contributed by atoms with van der Waals surface area (Å²) in [6, 6.07) is 2.37. The number of benzene rings is 1. The molecular weight excluding hydrogens is 357 g/mol. The van der Waals surface area contributed by atoms with E-state index < -0.39 is 15.8 Å². The summed E-state index contributed by atoms with van der Waals surface area (Å²) in [6.07, 6.45) is 0. The number of amides is 1. The van der Waals surface area contributed by atoms with Gasteiger partial charge in [0.15, 0.2) is 0 Å². The number of halogens is 2. The highest BCUT2D eigenvalue weighted by Crippen LogP contribution is 2.24. The van der Waals surface area contributed by atoms with E-state index in [4.69, 9.17) is 0 Å². The summed E-state index contributed by atoms with van der Waals surface area (Å²) in [4.78, 5) is 14.0. The SMILES string of the molecule is Cc1cc(F)cc(C)c1S(=O)(=O)N(C)CC(=O)N1CCNCC1.Cl. The largest absolute Gasteiger partial charge is 0.339 e. The number of piperazine rings is 1. The van der Waals surface area contributed by atoms with E-state index in [1.54, 1.807) is 18.7 Å². The van der Waals surface area contributed by atoms with E-state index in [1.165, 1.54) is 19.2 Å². The van der Waals surface area contributed by atoms with Gasteiger partial charge in [0.05, 0.1) is 11.4 Å². The number of rotatable bonds is 4. The third-order valence-electron chi connectivity index (χ3n) is 3.92. The van der Waals surface area contributed by atoms with Crippen molar-refractivity contribution in [2.45, 2.75) is 18.7 Å². The van der Waals surface area contributed by atoms with Crippen molar-refractivity contribution < 1.29 is 17.6 Å².